The minimum absolute atomic E-state index is 0.246. The molecule has 1 saturated heterocycles. The van der Waals surface area contributed by atoms with Gasteiger partial charge < -0.3 is 25.0 Å². The molecule has 2 aromatic heterocycles. The largest absolute Gasteiger partial charge is 0.490 e. The molecule has 34 heavy (non-hydrogen) atoms. The van der Waals surface area contributed by atoms with Crippen molar-refractivity contribution in [3.8, 4) is 11.4 Å². The van der Waals surface area contributed by atoms with Crippen LogP contribution in [0.3, 0.4) is 0 Å². The number of aromatic nitrogens is 4. The topological polar surface area (TPSA) is 91.6 Å². The van der Waals surface area contributed by atoms with Crippen molar-refractivity contribution in [3.05, 3.63) is 60.4 Å². The summed E-state index contributed by atoms with van der Waals surface area (Å²) in [7, 11) is 2.16. The van der Waals surface area contributed by atoms with Gasteiger partial charge in [-0.2, -0.15) is 10.1 Å². The van der Waals surface area contributed by atoms with Crippen molar-refractivity contribution >= 4 is 28.4 Å². The molecule has 0 unspecified atom stereocenters. The van der Waals surface area contributed by atoms with E-state index in [1.54, 1.807) is 24.0 Å². The molecule has 2 aliphatic rings. The van der Waals surface area contributed by atoms with Crippen molar-refractivity contribution in [2.75, 3.05) is 50.1 Å². The number of benzene rings is 2. The maximum atomic E-state index is 10.6. The summed E-state index contributed by atoms with van der Waals surface area (Å²) in [5.41, 5.74) is 3.37. The molecule has 2 aliphatic heterocycles. The molecule has 4 heterocycles. The van der Waals surface area contributed by atoms with Gasteiger partial charge in [-0.25, -0.2) is 9.67 Å². The fourth-order valence-electron chi connectivity index (χ4n) is 4.51. The van der Waals surface area contributed by atoms with E-state index < -0.39 is 5.60 Å². The highest BCUT2D eigenvalue weighted by Crippen LogP contribution is 2.38. The molecule has 0 bridgehead atoms. The first-order chi connectivity index (χ1) is 16.5. The van der Waals surface area contributed by atoms with Crippen LogP contribution >= 0.6 is 0 Å². The molecule has 0 aliphatic carbocycles. The average Bonchev–Trinajstić information content (AvgIpc) is 3.40. The van der Waals surface area contributed by atoms with Gasteiger partial charge in [0.2, 0.25) is 5.95 Å². The minimum Gasteiger partial charge on any atom is -0.490 e. The van der Waals surface area contributed by atoms with E-state index >= 15 is 0 Å². The van der Waals surface area contributed by atoms with Crippen molar-refractivity contribution in [3.63, 3.8) is 0 Å². The summed E-state index contributed by atoms with van der Waals surface area (Å²) in [6.07, 6.45) is 3.51. The van der Waals surface area contributed by atoms with Crippen LogP contribution in [0.2, 0.25) is 0 Å². The lowest BCUT2D eigenvalue weighted by molar-refractivity contribution is 0.0349. The highest BCUT2D eigenvalue weighted by molar-refractivity contribution is 5.77. The van der Waals surface area contributed by atoms with E-state index in [2.05, 4.69) is 56.5 Å². The van der Waals surface area contributed by atoms with Gasteiger partial charge in [-0.3, -0.25) is 0 Å². The van der Waals surface area contributed by atoms with Crippen LogP contribution in [0, 0.1) is 0 Å². The van der Waals surface area contributed by atoms with Crippen molar-refractivity contribution in [2.24, 2.45) is 0 Å². The van der Waals surface area contributed by atoms with E-state index in [1.807, 2.05) is 18.2 Å². The minimum atomic E-state index is -1.02. The molecule has 0 saturated carbocycles. The van der Waals surface area contributed by atoms with Gasteiger partial charge in [0.05, 0.1) is 17.3 Å². The second-order valence-electron chi connectivity index (χ2n) is 9.23. The number of likely N-dealkylation sites (N-methyl/N-ethyl adjacent to an activating group) is 1. The van der Waals surface area contributed by atoms with Gasteiger partial charge in [0, 0.05) is 49.3 Å². The van der Waals surface area contributed by atoms with Gasteiger partial charge in [0.1, 0.15) is 18.0 Å². The molecule has 0 spiro atoms. The van der Waals surface area contributed by atoms with Crippen LogP contribution in [0.4, 0.5) is 17.3 Å². The van der Waals surface area contributed by atoms with E-state index in [1.165, 1.54) is 5.69 Å². The molecular weight excluding hydrogens is 430 g/mol. The third-order valence-corrected chi connectivity index (χ3v) is 6.60. The van der Waals surface area contributed by atoms with Gasteiger partial charge in [-0.05, 0) is 56.4 Å². The van der Waals surface area contributed by atoms with Gasteiger partial charge in [0.25, 0.3) is 0 Å². The Morgan fingerprint density at radius 1 is 1.00 bits per heavy atom. The summed E-state index contributed by atoms with van der Waals surface area (Å²) < 4.78 is 7.35. The van der Waals surface area contributed by atoms with E-state index in [4.69, 9.17) is 9.72 Å². The predicted octanol–water partition coefficient (Wildman–Crippen LogP) is 2.91. The predicted molar refractivity (Wildman–Crippen MR) is 131 cm³/mol. The van der Waals surface area contributed by atoms with E-state index in [0.717, 1.165) is 48.5 Å². The van der Waals surface area contributed by atoms with Crippen LogP contribution in [0.5, 0.6) is 5.75 Å². The summed E-state index contributed by atoms with van der Waals surface area (Å²) in [4.78, 5) is 13.9. The molecule has 0 amide bonds. The van der Waals surface area contributed by atoms with Gasteiger partial charge in [0.15, 0.2) is 5.65 Å². The van der Waals surface area contributed by atoms with Crippen molar-refractivity contribution in [1.82, 2.24) is 24.6 Å². The van der Waals surface area contributed by atoms with Crippen LogP contribution in [-0.2, 0) is 5.60 Å². The average molecular weight is 458 g/mol. The molecule has 6 rings (SSSR count). The first-order valence-corrected chi connectivity index (χ1v) is 11.5. The second kappa shape index (κ2) is 7.96. The number of rotatable bonds is 4. The summed E-state index contributed by atoms with van der Waals surface area (Å²) >= 11 is 0. The fourth-order valence-corrected chi connectivity index (χ4v) is 4.51. The first kappa shape index (κ1) is 20.9. The number of piperazine rings is 1. The maximum absolute atomic E-state index is 10.6. The summed E-state index contributed by atoms with van der Waals surface area (Å²) in [5, 5.41) is 19.3. The zero-order valence-corrected chi connectivity index (χ0v) is 19.3. The zero-order chi connectivity index (χ0) is 23.3. The molecular formula is C25H27N7O2. The quantitative estimate of drug-likeness (QED) is 0.483. The van der Waals surface area contributed by atoms with E-state index in [9.17, 15) is 5.11 Å². The normalized spacial score (nSPS) is 20.4. The van der Waals surface area contributed by atoms with Gasteiger partial charge in [-0.1, -0.05) is 0 Å². The van der Waals surface area contributed by atoms with Crippen molar-refractivity contribution < 1.29 is 9.84 Å². The summed E-state index contributed by atoms with van der Waals surface area (Å²) in [6, 6.07) is 14.1. The fraction of sp³-hybridized carbons (Fsp3) is 0.320. The number of hydrogen-bond acceptors (Lipinski definition) is 8. The van der Waals surface area contributed by atoms with Crippen LogP contribution in [0.15, 0.2) is 54.9 Å². The molecule has 2 aromatic carbocycles. The van der Waals surface area contributed by atoms with Crippen LogP contribution < -0.4 is 15.0 Å². The highest BCUT2D eigenvalue weighted by Gasteiger charge is 2.34. The lowest BCUT2D eigenvalue weighted by Gasteiger charge is -2.34. The van der Waals surface area contributed by atoms with Crippen LogP contribution in [0.25, 0.3) is 16.7 Å². The van der Waals surface area contributed by atoms with Gasteiger partial charge in [-0.15, -0.1) is 0 Å². The van der Waals surface area contributed by atoms with Crippen LogP contribution in [-0.4, -0.2) is 69.6 Å². The Kier molecular flexibility index (Phi) is 4.89. The molecule has 9 heteroatoms. The molecule has 2 N–H and O–H groups in total. The van der Waals surface area contributed by atoms with Crippen molar-refractivity contribution in [2.45, 2.75) is 12.5 Å². The summed E-state index contributed by atoms with van der Waals surface area (Å²) in [6.45, 7) is 6.24. The standard InChI is InChI=1S/C25H27N7O2/c1-25(33)16-34-22-8-7-20(13-21(22)25)32-23-17(15-27-32)14-26-24(29-23)28-18-3-5-19(6-4-18)31-11-9-30(2)10-12-31/h3-8,13-15,33H,9-12,16H2,1-2H3,(H,26,28,29)/t25-/m1/s1. The Morgan fingerprint density at radius 2 is 1.76 bits per heavy atom. The number of nitrogens with zero attached hydrogens (tertiary/aromatic N) is 6. The monoisotopic (exact) mass is 457 g/mol. The Morgan fingerprint density at radius 3 is 2.56 bits per heavy atom. The SMILES string of the molecule is CN1CCN(c2ccc(Nc3ncc4cnn(-c5ccc6c(c5)[C@](C)(O)CO6)c4n3)cc2)CC1. The molecule has 9 nitrogen and oxygen atoms in total. The first-order valence-electron chi connectivity index (χ1n) is 11.5. The molecule has 0 radical (unpaired) electrons. The van der Waals surface area contributed by atoms with E-state index in [0.29, 0.717) is 17.3 Å². The van der Waals surface area contributed by atoms with Gasteiger partial charge >= 0.3 is 0 Å². The zero-order valence-electron chi connectivity index (χ0n) is 19.3. The number of hydrogen-bond donors (Lipinski definition) is 2. The molecule has 4 aromatic rings. The number of fused-ring (bicyclic) bond motifs is 2. The molecule has 1 atom stereocenters. The lowest BCUT2D eigenvalue weighted by atomic mass is 9.98. The van der Waals surface area contributed by atoms with E-state index in [-0.39, 0.29) is 6.61 Å². The van der Waals surface area contributed by atoms with Crippen molar-refractivity contribution in [1.29, 1.82) is 0 Å². The number of anilines is 3. The maximum Gasteiger partial charge on any atom is 0.229 e. The Bertz CT molecular complexity index is 1340. The second-order valence-corrected chi connectivity index (χ2v) is 9.23. The number of aliphatic hydroxyl groups is 1. The molecule has 1 fully saturated rings. The third-order valence-electron chi connectivity index (χ3n) is 6.60. The lowest BCUT2D eigenvalue weighted by Crippen LogP contribution is -2.44. The number of ether oxygens (including phenoxy) is 1. The third kappa shape index (κ3) is 3.72. The Labute approximate surface area is 197 Å². The Hall–Kier alpha value is -3.69. The van der Waals surface area contributed by atoms with Crippen LogP contribution in [0.1, 0.15) is 12.5 Å². The highest BCUT2D eigenvalue weighted by atomic mass is 16.5. The molecule has 174 valence electrons. The smallest absolute Gasteiger partial charge is 0.229 e. The summed E-state index contributed by atoms with van der Waals surface area (Å²) in [5.74, 6) is 1.19. The Balaban J connectivity index is 1.25. The number of nitrogens with one attached hydrogen (secondary N) is 1.